The van der Waals surface area contributed by atoms with E-state index in [9.17, 15) is 9.90 Å². The van der Waals surface area contributed by atoms with Crippen LogP contribution in [0.1, 0.15) is 18.5 Å². The Labute approximate surface area is 106 Å². The number of nitrogens with one attached hydrogen (secondary N) is 2. The summed E-state index contributed by atoms with van der Waals surface area (Å²) in [6, 6.07) is 6.71. The minimum Gasteiger partial charge on any atom is -0.508 e. The van der Waals surface area contributed by atoms with Crippen molar-refractivity contribution in [3.63, 3.8) is 0 Å². The van der Waals surface area contributed by atoms with Gasteiger partial charge in [-0.15, -0.1) is 0 Å². The third kappa shape index (κ3) is 3.21. The number of benzene rings is 1. The Morgan fingerprint density at radius 3 is 3.11 bits per heavy atom. The lowest BCUT2D eigenvalue weighted by Crippen LogP contribution is -2.48. The fourth-order valence-electron chi connectivity index (χ4n) is 1.92. The number of ether oxygens (including phenoxy) is 1. The van der Waals surface area contributed by atoms with Crippen LogP contribution in [0.2, 0.25) is 0 Å². The van der Waals surface area contributed by atoms with Crippen molar-refractivity contribution in [3.8, 4) is 5.75 Å². The fourth-order valence-corrected chi connectivity index (χ4v) is 1.92. The van der Waals surface area contributed by atoms with Gasteiger partial charge in [-0.2, -0.15) is 0 Å². The van der Waals surface area contributed by atoms with Crippen LogP contribution in [0.5, 0.6) is 5.75 Å². The lowest BCUT2D eigenvalue weighted by Gasteiger charge is -2.24. The predicted octanol–water partition coefficient (Wildman–Crippen LogP) is 0.558. The van der Waals surface area contributed by atoms with Crippen LogP contribution in [0.4, 0.5) is 0 Å². The maximum atomic E-state index is 11.9. The molecule has 0 radical (unpaired) electrons. The Bertz CT molecular complexity index is 416. The van der Waals surface area contributed by atoms with Crippen LogP contribution < -0.4 is 10.6 Å². The molecule has 0 aliphatic carbocycles. The van der Waals surface area contributed by atoms with Crippen LogP contribution in [0.25, 0.3) is 0 Å². The molecule has 1 aliphatic rings. The van der Waals surface area contributed by atoms with Crippen molar-refractivity contribution in [1.29, 1.82) is 0 Å². The Balaban J connectivity index is 1.94. The summed E-state index contributed by atoms with van der Waals surface area (Å²) >= 11 is 0. The van der Waals surface area contributed by atoms with Crippen molar-refractivity contribution in [3.05, 3.63) is 29.8 Å². The van der Waals surface area contributed by atoms with E-state index in [4.69, 9.17) is 4.74 Å². The summed E-state index contributed by atoms with van der Waals surface area (Å²) in [4.78, 5) is 11.9. The first-order valence-electron chi connectivity index (χ1n) is 6.08. The Hall–Kier alpha value is -1.59. The number of aromatic hydroxyl groups is 1. The van der Waals surface area contributed by atoms with E-state index in [-0.39, 0.29) is 17.7 Å². The molecule has 1 aromatic carbocycles. The third-order valence-corrected chi connectivity index (χ3v) is 2.95. The summed E-state index contributed by atoms with van der Waals surface area (Å²) in [6.07, 6.45) is -0.432. The molecule has 0 saturated carbocycles. The van der Waals surface area contributed by atoms with Crippen LogP contribution >= 0.6 is 0 Å². The number of amides is 1. The molecule has 2 rings (SSSR count). The molecule has 1 fully saturated rings. The number of rotatable bonds is 3. The molecule has 0 aromatic heterocycles. The number of carbonyl (C=O) groups excluding carboxylic acids is 1. The highest BCUT2D eigenvalue weighted by Crippen LogP contribution is 2.17. The first kappa shape index (κ1) is 12.9. The Morgan fingerprint density at radius 2 is 2.44 bits per heavy atom. The van der Waals surface area contributed by atoms with Crippen LogP contribution in [0, 0.1) is 0 Å². The smallest absolute Gasteiger partial charge is 0.250 e. The summed E-state index contributed by atoms with van der Waals surface area (Å²) < 4.78 is 5.38. The number of hydrogen-bond acceptors (Lipinski definition) is 4. The number of morpholine rings is 1. The Kier molecular flexibility index (Phi) is 4.17. The lowest BCUT2D eigenvalue weighted by molar-refractivity contribution is -0.134. The molecular formula is C13H18N2O3. The average molecular weight is 250 g/mol. The van der Waals surface area contributed by atoms with Gasteiger partial charge in [0.05, 0.1) is 12.6 Å². The highest BCUT2D eigenvalue weighted by molar-refractivity contribution is 5.81. The van der Waals surface area contributed by atoms with Gasteiger partial charge in [-0.25, -0.2) is 0 Å². The van der Waals surface area contributed by atoms with Gasteiger partial charge >= 0.3 is 0 Å². The standard InChI is InChI=1S/C13H18N2O3/c1-9(10-3-2-4-11(16)7-10)15-13(17)12-8-14-5-6-18-12/h2-4,7,9,12,14,16H,5-6,8H2,1H3,(H,15,17). The van der Waals surface area contributed by atoms with Crippen molar-refractivity contribution in [2.24, 2.45) is 0 Å². The monoisotopic (exact) mass is 250 g/mol. The molecule has 2 atom stereocenters. The molecule has 0 spiro atoms. The molecule has 2 unspecified atom stereocenters. The van der Waals surface area contributed by atoms with Gasteiger partial charge in [0, 0.05) is 13.1 Å². The first-order chi connectivity index (χ1) is 8.66. The minimum absolute atomic E-state index is 0.127. The molecule has 18 heavy (non-hydrogen) atoms. The van der Waals surface area contributed by atoms with Crippen LogP contribution in [0.15, 0.2) is 24.3 Å². The molecular weight excluding hydrogens is 232 g/mol. The molecule has 1 heterocycles. The van der Waals surface area contributed by atoms with Crippen molar-refractivity contribution in [2.75, 3.05) is 19.7 Å². The van der Waals surface area contributed by atoms with E-state index in [1.165, 1.54) is 0 Å². The van der Waals surface area contributed by atoms with E-state index >= 15 is 0 Å². The molecule has 5 heteroatoms. The largest absolute Gasteiger partial charge is 0.508 e. The molecule has 1 saturated heterocycles. The van der Waals surface area contributed by atoms with Gasteiger partial charge < -0.3 is 20.5 Å². The molecule has 1 aliphatic heterocycles. The van der Waals surface area contributed by atoms with Gasteiger partial charge in [-0.3, -0.25) is 4.79 Å². The zero-order chi connectivity index (χ0) is 13.0. The molecule has 0 bridgehead atoms. The molecule has 1 aromatic rings. The summed E-state index contributed by atoms with van der Waals surface area (Å²) in [5.41, 5.74) is 0.868. The van der Waals surface area contributed by atoms with Gasteiger partial charge in [0.15, 0.2) is 0 Å². The zero-order valence-corrected chi connectivity index (χ0v) is 10.3. The summed E-state index contributed by atoms with van der Waals surface area (Å²) in [7, 11) is 0. The quantitative estimate of drug-likeness (QED) is 0.733. The highest BCUT2D eigenvalue weighted by atomic mass is 16.5. The van der Waals surface area contributed by atoms with Crippen molar-refractivity contribution < 1.29 is 14.6 Å². The molecule has 5 nitrogen and oxygen atoms in total. The maximum Gasteiger partial charge on any atom is 0.250 e. The second-order valence-electron chi connectivity index (χ2n) is 4.39. The minimum atomic E-state index is -0.432. The van der Waals surface area contributed by atoms with E-state index in [0.717, 1.165) is 12.1 Å². The molecule has 98 valence electrons. The predicted molar refractivity (Wildman–Crippen MR) is 67.3 cm³/mol. The SMILES string of the molecule is CC(NC(=O)C1CNCCO1)c1cccc(O)c1. The van der Waals surface area contributed by atoms with Crippen molar-refractivity contribution >= 4 is 5.91 Å². The summed E-state index contributed by atoms with van der Waals surface area (Å²) in [5.74, 6) is 0.0715. The summed E-state index contributed by atoms with van der Waals surface area (Å²) in [6.45, 7) is 3.76. The highest BCUT2D eigenvalue weighted by Gasteiger charge is 2.23. The number of hydrogen-bond donors (Lipinski definition) is 3. The van der Waals surface area contributed by atoms with Crippen molar-refractivity contribution in [1.82, 2.24) is 10.6 Å². The zero-order valence-electron chi connectivity index (χ0n) is 10.3. The first-order valence-corrected chi connectivity index (χ1v) is 6.08. The molecule has 3 N–H and O–H groups in total. The van der Waals surface area contributed by atoms with E-state index in [1.54, 1.807) is 18.2 Å². The van der Waals surface area contributed by atoms with Crippen LogP contribution in [0.3, 0.4) is 0 Å². The fraction of sp³-hybridized carbons (Fsp3) is 0.462. The normalized spacial score (nSPS) is 21.3. The lowest BCUT2D eigenvalue weighted by atomic mass is 10.1. The van der Waals surface area contributed by atoms with Gasteiger partial charge in [0.25, 0.3) is 5.91 Å². The van der Waals surface area contributed by atoms with Gasteiger partial charge in [-0.1, -0.05) is 12.1 Å². The van der Waals surface area contributed by atoms with Crippen LogP contribution in [-0.2, 0) is 9.53 Å². The number of phenols is 1. The van der Waals surface area contributed by atoms with Crippen molar-refractivity contribution in [2.45, 2.75) is 19.1 Å². The number of phenolic OH excluding ortho intramolecular Hbond substituents is 1. The van der Waals surface area contributed by atoms with E-state index < -0.39 is 6.10 Å². The van der Waals surface area contributed by atoms with E-state index in [1.807, 2.05) is 13.0 Å². The topological polar surface area (TPSA) is 70.6 Å². The second kappa shape index (κ2) is 5.84. The van der Waals surface area contributed by atoms with Gasteiger partial charge in [-0.05, 0) is 24.6 Å². The summed E-state index contributed by atoms with van der Waals surface area (Å²) in [5, 5.41) is 15.4. The van der Waals surface area contributed by atoms with E-state index in [0.29, 0.717) is 13.2 Å². The Morgan fingerprint density at radius 1 is 1.61 bits per heavy atom. The van der Waals surface area contributed by atoms with E-state index in [2.05, 4.69) is 10.6 Å². The number of carbonyl (C=O) groups is 1. The molecule has 1 amide bonds. The van der Waals surface area contributed by atoms with Gasteiger partial charge in [0.1, 0.15) is 11.9 Å². The van der Waals surface area contributed by atoms with Crippen LogP contribution in [-0.4, -0.2) is 36.8 Å². The average Bonchev–Trinajstić information content (AvgIpc) is 2.39. The van der Waals surface area contributed by atoms with Gasteiger partial charge in [0.2, 0.25) is 0 Å². The maximum absolute atomic E-state index is 11.9. The third-order valence-electron chi connectivity index (χ3n) is 2.95. The second-order valence-corrected chi connectivity index (χ2v) is 4.39.